The number of rotatable bonds is 7. The van der Waals surface area contributed by atoms with Crippen molar-refractivity contribution < 1.29 is 23.1 Å². The van der Waals surface area contributed by atoms with E-state index in [1.54, 1.807) is 13.8 Å². The monoisotopic (exact) mass is 379 g/mol. The quantitative estimate of drug-likeness (QED) is 0.757. The lowest BCUT2D eigenvalue weighted by atomic mass is 10.0. The molecule has 0 aliphatic rings. The topological polar surface area (TPSA) is 92.7 Å². The molecule has 0 aliphatic heterocycles. The Balaban J connectivity index is 3.13. The number of ether oxygens (including phenoxy) is 1. The van der Waals surface area contributed by atoms with Crippen LogP contribution in [0.3, 0.4) is 0 Å². The highest BCUT2D eigenvalue weighted by Gasteiger charge is 2.29. The fourth-order valence-electron chi connectivity index (χ4n) is 1.69. The van der Waals surface area contributed by atoms with Crippen LogP contribution in [-0.4, -0.2) is 32.6 Å². The summed E-state index contributed by atoms with van der Waals surface area (Å²) in [7, 11) is -2.52. The third kappa shape index (κ3) is 4.42. The minimum Gasteiger partial charge on any atom is -0.496 e. The van der Waals surface area contributed by atoms with E-state index in [9.17, 15) is 18.3 Å². The largest absolute Gasteiger partial charge is 0.496 e. The van der Waals surface area contributed by atoms with Crippen LogP contribution < -0.4 is 9.46 Å². The molecule has 0 aliphatic carbocycles. The van der Waals surface area contributed by atoms with Crippen LogP contribution in [0.25, 0.3) is 0 Å². The third-order valence-electron chi connectivity index (χ3n) is 3.19. The standard InChI is InChI=1S/C13H18BrNO5S/c1-4-8(2)12(13(16)17)15-21(18,19)9-5-6-10(14)11(7-9)20-3/h5-8,12,15H,4H2,1-3H3,(H,16,17)/t8-,12-/m0/s1. The molecular formula is C13H18BrNO5S. The molecule has 1 aromatic carbocycles. The van der Waals surface area contributed by atoms with Crippen molar-refractivity contribution in [1.82, 2.24) is 4.72 Å². The first-order valence-corrected chi connectivity index (χ1v) is 8.59. The van der Waals surface area contributed by atoms with E-state index in [0.717, 1.165) is 0 Å². The van der Waals surface area contributed by atoms with Gasteiger partial charge in [-0.2, -0.15) is 4.72 Å². The maximum Gasteiger partial charge on any atom is 0.322 e. The van der Waals surface area contributed by atoms with E-state index in [2.05, 4.69) is 20.7 Å². The minimum atomic E-state index is -3.94. The summed E-state index contributed by atoms with van der Waals surface area (Å²) in [6.07, 6.45) is 0.545. The minimum absolute atomic E-state index is 0.0443. The molecule has 6 nitrogen and oxygen atoms in total. The number of hydrogen-bond acceptors (Lipinski definition) is 4. The first-order chi connectivity index (χ1) is 9.72. The summed E-state index contributed by atoms with van der Waals surface area (Å²) in [6.45, 7) is 3.49. The third-order valence-corrected chi connectivity index (χ3v) is 5.29. The molecule has 0 aromatic heterocycles. The molecule has 2 N–H and O–H groups in total. The van der Waals surface area contributed by atoms with Crippen molar-refractivity contribution in [2.45, 2.75) is 31.2 Å². The van der Waals surface area contributed by atoms with Gasteiger partial charge in [0.2, 0.25) is 10.0 Å². The number of nitrogens with one attached hydrogen (secondary N) is 1. The van der Waals surface area contributed by atoms with Crippen molar-refractivity contribution in [3.05, 3.63) is 22.7 Å². The Bertz CT molecular complexity index is 617. The normalized spacial score (nSPS) is 14.5. The molecule has 0 saturated carbocycles. The molecule has 0 saturated heterocycles. The van der Waals surface area contributed by atoms with Crippen LogP contribution in [-0.2, 0) is 14.8 Å². The van der Waals surface area contributed by atoms with Gasteiger partial charge in [-0.1, -0.05) is 20.3 Å². The predicted octanol–water partition coefficient (Wildman–Crippen LogP) is 2.24. The number of carbonyl (C=O) groups is 1. The molecule has 0 heterocycles. The molecule has 0 spiro atoms. The van der Waals surface area contributed by atoms with Crippen molar-refractivity contribution in [3.63, 3.8) is 0 Å². The molecule has 0 radical (unpaired) electrons. The first-order valence-electron chi connectivity index (χ1n) is 6.31. The van der Waals surface area contributed by atoms with Crippen molar-refractivity contribution >= 4 is 31.9 Å². The number of carboxylic acids is 1. The van der Waals surface area contributed by atoms with Gasteiger partial charge in [-0.15, -0.1) is 0 Å². The van der Waals surface area contributed by atoms with Crippen molar-refractivity contribution in [3.8, 4) is 5.75 Å². The van der Waals surface area contributed by atoms with E-state index >= 15 is 0 Å². The lowest BCUT2D eigenvalue weighted by Crippen LogP contribution is -2.44. The Kier molecular flexibility index (Phi) is 6.18. The molecule has 8 heteroatoms. The summed E-state index contributed by atoms with van der Waals surface area (Å²) in [4.78, 5) is 11.2. The van der Waals surface area contributed by atoms with Crippen LogP contribution in [0.15, 0.2) is 27.6 Å². The van der Waals surface area contributed by atoms with E-state index in [-0.39, 0.29) is 10.8 Å². The highest BCUT2D eigenvalue weighted by molar-refractivity contribution is 9.10. The van der Waals surface area contributed by atoms with Gasteiger partial charge in [0.05, 0.1) is 16.5 Å². The smallest absolute Gasteiger partial charge is 0.322 e. The van der Waals surface area contributed by atoms with Gasteiger partial charge in [-0.3, -0.25) is 4.79 Å². The van der Waals surface area contributed by atoms with Gasteiger partial charge in [-0.25, -0.2) is 8.42 Å². The van der Waals surface area contributed by atoms with Crippen LogP contribution in [0.4, 0.5) is 0 Å². The molecule has 118 valence electrons. The van der Waals surface area contributed by atoms with Crippen LogP contribution in [0.1, 0.15) is 20.3 Å². The van der Waals surface area contributed by atoms with Crippen molar-refractivity contribution in [1.29, 1.82) is 0 Å². The average molecular weight is 380 g/mol. The second-order valence-corrected chi connectivity index (χ2v) is 7.19. The molecular weight excluding hydrogens is 362 g/mol. The lowest BCUT2D eigenvalue weighted by Gasteiger charge is -2.20. The maximum atomic E-state index is 12.3. The molecule has 1 aromatic rings. The fourth-order valence-corrected chi connectivity index (χ4v) is 3.41. The molecule has 21 heavy (non-hydrogen) atoms. The summed E-state index contributed by atoms with van der Waals surface area (Å²) in [6, 6.07) is 3.08. The fraction of sp³-hybridized carbons (Fsp3) is 0.462. The molecule has 0 bridgehead atoms. The number of carboxylic acid groups (broad SMARTS) is 1. The van der Waals surface area contributed by atoms with E-state index in [0.29, 0.717) is 16.6 Å². The SMILES string of the molecule is CC[C@H](C)[C@H](NS(=O)(=O)c1ccc(Br)c(OC)c1)C(=O)O. The first kappa shape index (κ1) is 17.9. The number of aliphatic carboxylic acids is 1. The Hall–Kier alpha value is -1.12. The van der Waals surface area contributed by atoms with Crippen LogP contribution >= 0.6 is 15.9 Å². The molecule has 0 amide bonds. The van der Waals surface area contributed by atoms with Crippen LogP contribution in [0, 0.1) is 5.92 Å². The van der Waals surface area contributed by atoms with Gasteiger partial charge in [0, 0.05) is 6.07 Å². The second kappa shape index (κ2) is 7.24. The summed E-state index contributed by atoms with van der Waals surface area (Å²) in [5.74, 6) is -1.17. The second-order valence-electron chi connectivity index (χ2n) is 4.62. The zero-order valence-corrected chi connectivity index (χ0v) is 14.4. The number of hydrogen-bond donors (Lipinski definition) is 2. The highest BCUT2D eigenvalue weighted by atomic mass is 79.9. The Labute approximate surface area is 132 Å². The van der Waals surface area contributed by atoms with E-state index in [4.69, 9.17) is 4.74 Å². The molecule has 0 unspecified atom stereocenters. The van der Waals surface area contributed by atoms with E-state index < -0.39 is 22.0 Å². The van der Waals surface area contributed by atoms with Gasteiger partial charge in [0.25, 0.3) is 0 Å². The van der Waals surface area contributed by atoms with Crippen molar-refractivity contribution in [2.24, 2.45) is 5.92 Å². The molecule has 2 atom stereocenters. The summed E-state index contributed by atoms with van der Waals surface area (Å²) < 4.78 is 32.5. The molecule has 1 rings (SSSR count). The lowest BCUT2D eigenvalue weighted by molar-refractivity contribution is -0.140. The summed E-state index contributed by atoms with van der Waals surface area (Å²) in [5.41, 5.74) is 0. The van der Waals surface area contributed by atoms with E-state index in [1.165, 1.54) is 25.3 Å². The van der Waals surface area contributed by atoms with Gasteiger partial charge in [-0.05, 0) is 34.0 Å². The Morgan fingerprint density at radius 3 is 2.57 bits per heavy atom. The number of methoxy groups -OCH3 is 1. The van der Waals surface area contributed by atoms with Gasteiger partial charge in [0.1, 0.15) is 11.8 Å². The van der Waals surface area contributed by atoms with Gasteiger partial charge >= 0.3 is 5.97 Å². The average Bonchev–Trinajstić information content (AvgIpc) is 2.44. The highest BCUT2D eigenvalue weighted by Crippen LogP contribution is 2.27. The van der Waals surface area contributed by atoms with Crippen molar-refractivity contribution in [2.75, 3.05) is 7.11 Å². The number of benzene rings is 1. The zero-order chi connectivity index (χ0) is 16.2. The summed E-state index contributed by atoms with van der Waals surface area (Å²) >= 11 is 3.23. The number of halogens is 1. The van der Waals surface area contributed by atoms with Gasteiger partial charge < -0.3 is 9.84 Å². The Morgan fingerprint density at radius 1 is 1.48 bits per heavy atom. The van der Waals surface area contributed by atoms with E-state index in [1.807, 2.05) is 0 Å². The summed E-state index contributed by atoms with van der Waals surface area (Å²) in [5, 5.41) is 9.17. The number of sulfonamides is 1. The van der Waals surface area contributed by atoms with Crippen LogP contribution in [0.2, 0.25) is 0 Å². The predicted molar refractivity (Wildman–Crippen MR) is 81.9 cm³/mol. The van der Waals surface area contributed by atoms with Gasteiger partial charge in [0.15, 0.2) is 0 Å². The van der Waals surface area contributed by atoms with Crippen LogP contribution in [0.5, 0.6) is 5.75 Å². The Morgan fingerprint density at radius 2 is 2.10 bits per heavy atom. The molecule has 0 fully saturated rings. The zero-order valence-electron chi connectivity index (χ0n) is 12.0. The maximum absolute atomic E-state index is 12.3.